The summed E-state index contributed by atoms with van der Waals surface area (Å²) in [5.74, 6) is 1.90. The summed E-state index contributed by atoms with van der Waals surface area (Å²) in [5, 5.41) is 12.5. The summed E-state index contributed by atoms with van der Waals surface area (Å²) in [5.41, 5.74) is 3.92. The normalized spacial score (nSPS) is 11.4. The highest BCUT2D eigenvalue weighted by Crippen LogP contribution is 2.33. The maximum absolute atomic E-state index is 6.29. The Balaban J connectivity index is 1.84. The molecule has 0 spiro atoms. The van der Waals surface area contributed by atoms with E-state index in [1.807, 2.05) is 37.3 Å². The molecule has 0 saturated heterocycles. The first-order valence-corrected chi connectivity index (χ1v) is 9.34. The van der Waals surface area contributed by atoms with Crippen molar-refractivity contribution in [3.63, 3.8) is 0 Å². The molecule has 6 nitrogen and oxygen atoms in total. The second-order valence-corrected chi connectivity index (χ2v) is 7.15. The molecule has 1 aromatic heterocycles. The van der Waals surface area contributed by atoms with Gasteiger partial charge in [-0.1, -0.05) is 25.4 Å². The molecular formula is C21H23ClN4O2. The minimum Gasteiger partial charge on any atom is -0.496 e. The van der Waals surface area contributed by atoms with Crippen molar-refractivity contribution in [1.82, 2.24) is 14.9 Å². The third-order valence-corrected chi connectivity index (χ3v) is 4.75. The summed E-state index contributed by atoms with van der Waals surface area (Å²) >= 11 is 6.29. The van der Waals surface area contributed by atoms with Crippen LogP contribution >= 0.6 is 11.6 Å². The highest BCUT2D eigenvalue weighted by atomic mass is 35.5. The summed E-state index contributed by atoms with van der Waals surface area (Å²) in [7, 11) is 1.65. The smallest absolute Gasteiger partial charge is 0.141 e. The van der Waals surface area contributed by atoms with Crippen molar-refractivity contribution in [3.8, 4) is 11.5 Å². The van der Waals surface area contributed by atoms with Gasteiger partial charge in [0.05, 0.1) is 13.3 Å². The fourth-order valence-electron chi connectivity index (χ4n) is 2.78. The number of methoxy groups -OCH3 is 1. The van der Waals surface area contributed by atoms with Gasteiger partial charge in [0, 0.05) is 10.6 Å². The number of ether oxygens (including phenoxy) is 2. The Morgan fingerprint density at radius 1 is 1.14 bits per heavy atom. The first kappa shape index (κ1) is 19.9. The Bertz CT molecular complexity index is 969. The molecule has 0 aliphatic carbocycles. The van der Waals surface area contributed by atoms with Crippen molar-refractivity contribution in [2.75, 3.05) is 7.11 Å². The van der Waals surface area contributed by atoms with Gasteiger partial charge in [-0.15, -0.1) is 10.2 Å². The van der Waals surface area contributed by atoms with E-state index < -0.39 is 0 Å². The third kappa shape index (κ3) is 4.70. The van der Waals surface area contributed by atoms with Crippen LogP contribution < -0.4 is 9.47 Å². The third-order valence-electron chi connectivity index (χ3n) is 4.35. The lowest BCUT2D eigenvalue weighted by Crippen LogP contribution is -2.03. The first-order valence-electron chi connectivity index (χ1n) is 8.96. The van der Waals surface area contributed by atoms with E-state index in [2.05, 4.69) is 29.1 Å². The molecule has 0 radical (unpaired) electrons. The Hall–Kier alpha value is -2.86. The predicted octanol–water partition coefficient (Wildman–Crippen LogP) is 4.83. The van der Waals surface area contributed by atoms with Gasteiger partial charge in [-0.2, -0.15) is 5.10 Å². The van der Waals surface area contributed by atoms with Crippen LogP contribution in [0.1, 0.15) is 42.0 Å². The monoisotopic (exact) mass is 398 g/mol. The van der Waals surface area contributed by atoms with E-state index >= 15 is 0 Å². The number of rotatable bonds is 7. The van der Waals surface area contributed by atoms with E-state index in [1.54, 1.807) is 13.3 Å². The van der Waals surface area contributed by atoms with Gasteiger partial charge in [0.2, 0.25) is 0 Å². The van der Waals surface area contributed by atoms with Gasteiger partial charge in [0.25, 0.3) is 0 Å². The number of aryl methyl sites for hydroxylation is 1. The number of halogens is 1. The van der Waals surface area contributed by atoms with Crippen molar-refractivity contribution in [3.05, 3.63) is 70.3 Å². The molecule has 1 heterocycles. The van der Waals surface area contributed by atoms with Crippen LogP contribution in [0.2, 0.25) is 5.02 Å². The van der Waals surface area contributed by atoms with Crippen LogP contribution in [0.25, 0.3) is 0 Å². The zero-order valence-electron chi connectivity index (χ0n) is 16.4. The van der Waals surface area contributed by atoms with Crippen LogP contribution in [0, 0.1) is 6.92 Å². The second kappa shape index (κ2) is 8.89. The maximum atomic E-state index is 6.29. The van der Waals surface area contributed by atoms with Gasteiger partial charge in [0.1, 0.15) is 30.8 Å². The van der Waals surface area contributed by atoms with Gasteiger partial charge < -0.3 is 9.47 Å². The van der Waals surface area contributed by atoms with E-state index in [9.17, 15) is 0 Å². The van der Waals surface area contributed by atoms with Crippen LogP contribution in [-0.2, 0) is 6.61 Å². The second-order valence-electron chi connectivity index (χ2n) is 6.74. The van der Waals surface area contributed by atoms with Crippen molar-refractivity contribution in [2.45, 2.75) is 33.3 Å². The SMILES string of the molecule is COc1ccc(/C=N\n2cnnc2)cc1COc1cc(C)c(Cl)cc1C(C)C. The highest BCUT2D eigenvalue weighted by molar-refractivity contribution is 6.31. The largest absolute Gasteiger partial charge is 0.496 e. The van der Waals surface area contributed by atoms with Crippen LogP contribution in [-0.4, -0.2) is 28.2 Å². The highest BCUT2D eigenvalue weighted by Gasteiger charge is 2.13. The Morgan fingerprint density at radius 3 is 2.57 bits per heavy atom. The van der Waals surface area contributed by atoms with Crippen molar-refractivity contribution < 1.29 is 9.47 Å². The standard InChI is InChI=1S/C21H23ClN4O2/c1-14(2)18-9-19(22)15(3)7-21(18)28-11-17-8-16(5-6-20(17)27-4)10-25-26-12-23-24-13-26/h5-10,12-14H,11H2,1-4H3/b25-10-. The lowest BCUT2D eigenvalue weighted by Gasteiger charge is -2.17. The molecule has 0 N–H and O–H groups in total. The summed E-state index contributed by atoms with van der Waals surface area (Å²) in [6.07, 6.45) is 4.79. The van der Waals surface area contributed by atoms with Gasteiger partial charge in [-0.25, -0.2) is 4.68 Å². The number of nitrogens with zero attached hydrogens (tertiary/aromatic N) is 4. The molecule has 3 rings (SSSR count). The molecule has 28 heavy (non-hydrogen) atoms. The van der Waals surface area contributed by atoms with Gasteiger partial charge in [-0.05, 0) is 59.9 Å². The lowest BCUT2D eigenvalue weighted by atomic mass is 10.0. The zero-order valence-corrected chi connectivity index (χ0v) is 17.1. The Kier molecular flexibility index (Phi) is 6.31. The van der Waals surface area contributed by atoms with Crippen molar-refractivity contribution >= 4 is 17.8 Å². The van der Waals surface area contributed by atoms with Gasteiger partial charge in [-0.3, -0.25) is 0 Å². The average Bonchev–Trinajstić information content (AvgIpc) is 3.20. The van der Waals surface area contributed by atoms with Crippen LogP contribution in [0.3, 0.4) is 0 Å². The molecule has 146 valence electrons. The van der Waals surface area contributed by atoms with Gasteiger partial charge >= 0.3 is 0 Å². The summed E-state index contributed by atoms with van der Waals surface area (Å²) in [4.78, 5) is 0. The molecule has 0 fully saturated rings. The van der Waals surface area contributed by atoms with E-state index in [0.717, 1.165) is 38.8 Å². The van der Waals surface area contributed by atoms with Crippen LogP contribution in [0.5, 0.6) is 11.5 Å². The summed E-state index contributed by atoms with van der Waals surface area (Å²) < 4.78 is 13.2. The fraction of sp³-hybridized carbons (Fsp3) is 0.286. The number of benzene rings is 2. The Labute approximate surface area is 169 Å². The molecule has 0 saturated carbocycles. The lowest BCUT2D eigenvalue weighted by molar-refractivity contribution is 0.292. The summed E-state index contributed by atoms with van der Waals surface area (Å²) in [6.45, 7) is 6.59. The van der Waals surface area contributed by atoms with Crippen molar-refractivity contribution in [2.24, 2.45) is 5.10 Å². The molecule has 0 atom stereocenters. The molecule has 0 amide bonds. The van der Waals surface area contributed by atoms with Crippen LogP contribution in [0.4, 0.5) is 0 Å². The predicted molar refractivity (Wildman–Crippen MR) is 111 cm³/mol. The number of aromatic nitrogens is 3. The molecule has 0 aliphatic heterocycles. The van der Waals surface area contributed by atoms with E-state index in [1.165, 1.54) is 17.3 Å². The van der Waals surface area contributed by atoms with E-state index in [4.69, 9.17) is 21.1 Å². The zero-order chi connectivity index (χ0) is 20.1. The summed E-state index contributed by atoms with van der Waals surface area (Å²) in [6, 6.07) is 9.80. The van der Waals surface area contributed by atoms with Crippen LogP contribution in [0.15, 0.2) is 48.1 Å². The number of hydrogen-bond acceptors (Lipinski definition) is 5. The first-order chi connectivity index (χ1) is 13.5. The molecule has 0 bridgehead atoms. The molecule has 7 heteroatoms. The average molecular weight is 399 g/mol. The van der Waals surface area contributed by atoms with Gasteiger partial charge in [0.15, 0.2) is 0 Å². The van der Waals surface area contributed by atoms with E-state index in [-0.39, 0.29) is 0 Å². The molecule has 2 aromatic carbocycles. The van der Waals surface area contributed by atoms with E-state index in [0.29, 0.717) is 12.5 Å². The Morgan fingerprint density at radius 2 is 1.89 bits per heavy atom. The quantitative estimate of drug-likeness (QED) is 0.534. The minimum absolute atomic E-state index is 0.303. The maximum Gasteiger partial charge on any atom is 0.141 e. The molecular weight excluding hydrogens is 376 g/mol. The number of hydrogen-bond donors (Lipinski definition) is 0. The molecule has 0 unspecified atom stereocenters. The fourth-order valence-corrected chi connectivity index (χ4v) is 2.95. The molecule has 0 aliphatic rings. The van der Waals surface area contributed by atoms with Crippen molar-refractivity contribution in [1.29, 1.82) is 0 Å². The molecule has 3 aromatic rings. The topological polar surface area (TPSA) is 61.5 Å². The minimum atomic E-state index is 0.303.